The Bertz CT molecular complexity index is 421. The van der Waals surface area contributed by atoms with Crippen LogP contribution in [0.4, 0.5) is 0 Å². The number of nitrogens with zero attached hydrogens (tertiary/aromatic N) is 2. The quantitative estimate of drug-likeness (QED) is 0.769. The van der Waals surface area contributed by atoms with Gasteiger partial charge in [-0.1, -0.05) is 17.7 Å². The molecule has 0 heterocycles. The molecule has 0 radical (unpaired) electrons. The molecule has 0 unspecified atom stereocenters. The van der Waals surface area contributed by atoms with Crippen molar-refractivity contribution in [3.63, 3.8) is 0 Å². The van der Waals surface area contributed by atoms with Gasteiger partial charge in [-0.3, -0.25) is 4.79 Å². The maximum atomic E-state index is 11.7. The molecule has 78 valence electrons. The average Bonchev–Trinajstić information content (AvgIpc) is 2.20. The lowest BCUT2D eigenvalue weighted by molar-refractivity contribution is 0.0827. The first-order chi connectivity index (χ1) is 7.06. The van der Waals surface area contributed by atoms with Crippen molar-refractivity contribution in [3.05, 3.63) is 34.3 Å². The predicted octanol–water partition coefficient (Wildman–Crippen LogP) is 2.11. The summed E-state index contributed by atoms with van der Waals surface area (Å²) in [7, 11) is 3.32. The number of nitriles is 1. The number of benzene rings is 1. The summed E-state index contributed by atoms with van der Waals surface area (Å²) in [4.78, 5) is 13.1. The van der Waals surface area contributed by atoms with Gasteiger partial charge in [0.1, 0.15) is 0 Å². The highest BCUT2D eigenvalue weighted by Crippen LogP contribution is 2.19. The van der Waals surface area contributed by atoms with Crippen LogP contribution in [0, 0.1) is 11.3 Å². The number of halogens is 1. The Balaban J connectivity index is 3.12. The Kier molecular flexibility index (Phi) is 3.70. The second-order valence-corrected chi connectivity index (χ2v) is 3.76. The van der Waals surface area contributed by atoms with Crippen LogP contribution in [0.15, 0.2) is 18.2 Å². The molecule has 0 aliphatic heterocycles. The smallest absolute Gasteiger partial charge is 0.254 e. The van der Waals surface area contributed by atoms with Crippen molar-refractivity contribution in [2.24, 2.45) is 0 Å². The lowest BCUT2D eigenvalue weighted by atomic mass is 10.1. The van der Waals surface area contributed by atoms with E-state index in [1.54, 1.807) is 32.3 Å². The van der Waals surface area contributed by atoms with Crippen LogP contribution in [-0.4, -0.2) is 24.9 Å². The van der Waals surface area contributed by atoms with E-state index in [-0.39, 0.29) is 12.3 Å². The first-order valence-electron chi connectivity index (χ1n) is 4.43. The minimum atomic E-state index is -0.153. The number of amides is 1. The van der Waals surface area contributed by atoms with Crippen molar-refractivity contribution in [2.75, 3.05) is 14.1 Å². The molecule has 1 aromatic rings. The van der Waals surface area contributed by atoms with Gasteiger partial charge < -0.3 is 4.90 Å². The summed E-state index contributed by atoms with van der Waals surface area (Å²) in [6, 6.07) is 7.08. The highest BCUT2D eigenvalue weighted by Gasteiger charge is 2.12. The van der Waals surface area contributed by atoms with Crippen molar-refractivity contribution in [3.8, 4) is 6.07 Å². The number of rotatable bonds is 2. The molecule has 1 rings (SSSR count). The van der Waals surface area contributed by atoms with E-state index < -0.39 is 0 Å². The van der Waals surface area contributed by atoms with Crippen molar-refractivity contribution < 1.29 is 4.79 Å². The van der Waals surface area contributed by atoms with Crippen LogP contribution >= 0.6 is 11.6 Å². The highest BCUT2D eigenvalue weighted by atomic mass is 35.5. The number of hydrogen-bond donors (Lipinski definition) is 0. The summed E-state index contributed by atoms with van der Waals surface area (Å²) in [5.74, 6) is -0.153. The molecule has 0 aliphatic carbocycles. The third-order valence-electron chi connectivity index (χ3n) is 1.95. The van der Waals surface area contributed by atoms with Gasteiger partial charge in [-0.15, -0.1) is 0 Å². The zero-order valence-corrected chi connectivity index (χ0v) is 9.38. The Morgan fingerprint density at radius 1 is 1.53 bits per heavy atom. The standard InChI is InChI=1S/C11H11ClN2O/c1-14(2)11(15)9-7-8(5-6-13)3-4-10(9)12/h3-4,7H,5H2,1-2H3. The van der Waals surface area contributed by atoms with Gasteiger partial charge in [0, 0.05) is 14.1 Å². The summed E-state index contributed by atoms with van der Waals surface area (Å²) in [6.07, 6.45) is 0.283. The zero-order valence-electron chi connectivity index (χ0n) is 8.62. The Morgan fingerprint density at radius 3 is 2.73 bits per heavy atom. The fourth-order valence-electron chi connectivity index (χ4n) is 1.18. The number of carbonyl (C=O) groups is 1. The summed E-state index contributed by atoms with van der Waals surface area (Å²) in [6.45, 7) is 0. The molecule has 0 saturated heterocycles. The molecule has 15 heavy (non-hydrogen) atoms. The minimum absolute atomic E-state index is 0.153. The van der Waals surface area contributed by atoms with Crippen LogP contribution in [-0.2, 0) is 6.42 Å². The molecular weight excluding hydrogens is 212 g/mol. The number of carbonyl (C=O) groups excluding carboxylic acids is 1. The fourth-order valence-corrected chi connectivity index (χ4v) is 1.38. The van der Waals surface area contributed by atoms with Gasteiger partial charge in [0.2, 0.25) is 0 Å². The summed E-state index contributed by atoms with van der Waals surface area (Å²) in [5, 5.41) is 8.96. The fraction of sp³-hybridized carbons (Fsp3) is 0.273. The SMILES string of the molecule is CN(C)C(=O)c1cc(CC#N)ccc1Cl. The number of hydrogen-bond acceptors (Lipinski definition) is 2. The molecule has 1 amide bonds. The molecule has 0 atom stereocenters. The molecule has 0 aromatic heterocycles. The first-order valence-corrected chi connectivity index (χ1v) is 4.81. The minimum Gasteiger partial charge on any atom is -0.345 e. The molecule has 0 spiro atoms. The van der Waals surface area contributed by atoms with Crippen LogP contribution in [0.3, 0.4) is 0 Å². The van der Waals surface area contributed by atoms with E-state index in [0.717, 1.165) is 5.56 Å². The Hall–Kier alpha value is -1.53. The van der Waals surface area contributed by atoms with Gasteiger partial charge in [0.25, 0.3) is 5.91 Å². The van der Waals surface area contributed by atoms with Gasteiger partial charge in [-0.05, 0) is 17.7 Å². The van der Waals surface area contributed by atoms with E-state index in [0.29, 0.717) is 10.6 Å². The predicted molar refractivity (Wildman–Crippen MR) is 58.8 cm³/mol. The van der Waals surface area contributed by atoms with Crippen molar-refractivity contribution in [2.45, 2.75) is 6.42 Å². The maximum absolute atomic E-state index is 11.7. The molecule has 0 aliphatic rings. The highest BCUT2D eigenvalue weighted by molar-refractivity contribution is 6.33. The van der Waals surface area contributed by atoms with E-state index in [4.69, 9.17) is 16.9 Å². The van der Waals surface area contributed by atoms with Gasteiger partial charge in [-0.25, -0.2) is 0 Å². The lowest BCUT2D eigenvalue weighted by Crippen LogP contribution is -2.22. The summed E-state index contributed by atoms with van der Waals surface area (Å²) < 4.78 is 0. The molecule has 0 N–H and O–H groups in total. The van der Waals surface area contributed by atoms with Gasteiger partial charge >= 0.3 is 0 Å². The van der Waals surface area contributed by atoms with Crippen LogP contribution in [0.2, 0.25) is 5.02 Å². The van der Waals surface area contributed by atoms with Gasteiger partial charge in [0.15, 0.2) is 0 Å². The van der Waals surface area contributed by atoms with E-state index in [1.807, 2.05) is 6.07 Å². The second-order valence-electron chi connectivity index (χ2n) is 3.35. The van der Waals surface area contributed by atoms with E-state index in [2.05, 4.69) is 0 Å². The first kappa shape index (κ1) is 11.5. The van der Waals surface area contributed by atoms with Gasteiger partial charge in [0.05, 0.1) is 23.1 Å². The molecule has 0 fully saturated rings. The normalized spacial score (nSPS) is 9.47. The van der Waals surface area contributed by atoms with E-state index in [9.17, 15) is 4.79 Å². The van der Waals surface area contributed by atoms with Gasteiger partial charge in [-0.2, -0.15) is 5.26 Å². The van der Waals surface area contributed by atoms with Crippen molar-refractivity contribution in [1.82, 2.24) is 4.90 Å². The van der Waals surface area contributed by atoms with Crippen LogP contribution in [0.25, 0.3) is 0 Å². The molecular formula is C11H11ClN2O. The third-order valence-corrected chi connectivity index (χ3v) is 2.28. The third kappa shape index (κ3) is 2.71. The van der Waals surface area contributed by atoms with Crippen LogP contribution < -0.4 is 0 Å². The molecule has 1 aromatic carbocycles. The van der Waals surface area contributed by atoms with E-state index in [1.165, 1.54) is 4.90 Å². The lowest BCUT2D eigenvalue weighted by Gasteiger charge is -2.12. The second kappa shape index (κ2) is 4.81. The summed E-state index contributed by atoms with van der Waals surface area (Å²) in [5.41, 5.74) is 1.24. The monoisotopic (exact) mass is 222 g/mol. The average molecular weight is 223 g/mol. The summed E-state index contributed by atoms with van der Waals surface area (Å²) >= 11 is 5.90. The topological polar surface area (TPSA) is 44.1 Å². The largest absolute Gasteiger partial charge is 0.345 e. The molecule has 0 bridgehead atoms. The maximum Gasteiger partial charge on any atom is 0.254 e. The molecule has 3 nitrogen and oxygen atoms in total. The molecule has 0 saturated carbocycles. The van der Waals surface area contributed by atoms with Crippen molar-refractivity contribution >= 4 is 17.5 Å². The Labute approximate surface area is 93.9 Å². The van der Waals surface area contributed by atoms with Crippen LogP contribution in [0.5, 0.6) is 0 Å². The Morgan fingerprint density at radius 2 is 2.20 bits per heavy atom. The molecule has 4 heteroatoms. The zero-order chi connectivity index (χ0) is 11.4. The van der Waals surface area contributed by atoms with Crippen molar-refractivity contribution in [1.29, 1.82) is 5.26 Å². The van der Waals surface area contributed by atoms with E-state index >= 15 is 0 Å². The van der Waals surface area contributed by atoms with Crippen LogP contribution in [0.1, 0.15) is 15.9 Å².